The van der Waals surface area contributed by atoms with Gasteiger partial charge in [-0.3, -0.25) is 4.79 Å². The van der Waals surface area contributed by atoms with E-state index >= 15 is 0 Å². The number of benzene rings is 1. The molecule has 0 radical (unpaired) electrons. The van der Waals surface area contributed by atoms with Crippen molar-refractivity contribution in [3.05, 3.63) is 34.6 Å². The largest absolute Gasteiger partial charge is 0.367 e. The SMILES string of the molecule is Nc1ncn(CC(=O)Nc2cc(F)c(Br)cc2F)n1. The number of nitrogens with zero attached hydrogens (tertiary/aromatic N) is 3. The Labute approximate surface area is 114 Å². The minimum atomic E-state index is -0.750. The van der Waals surface area contributed by atoms with Gasteiger partial charge in [0.1, 0.15) is 24.5 Å². The molecule has 0 aliphatic heterocycles. The van der Waals surface area contributed by atoms with Crippen LogP contribution in [-0.2, 0) is 11.3 Å². The van der Waals surface area contributed by atoms with Crippen LogP contribution in [0.15, 0.2) is 22.9 Å². The molecule has 0 spiro atoms. The molecule has 0 atom stereocenters. The highest BCUT2D eigenvalue weighted by Crippen LogP contribution is 2.23. The summed E-state index contributed by atoms with van der Waals surface area (Å²) in [5.74, 6) is -1.99. The van der Waals surface area contributed by atoms with Crippen molar-refractivity contribution in [2.75, 3.05) is 11.1 Å². The van der Waals surface area contributed by atoms with E-state index in [2.05, 4.69) is 31.3 Å². The molecule has 2 aromatic rings. The highest BCUT2D eigenvalue weighted by molar-refractivity contribution is 9.10. The number of nitrogens with one attached hydrogen (secondary N) is 1. The topological polar surface area (TPSA) is 85.8 Å². The summed E-state index contributed by atoms with van der Waals surface area (Å²) >= 11 is 2.84. The summed E-state index contributed by atoms with van der Waals surface area (Å²) in [6, 6.07) is 1.81. The van der Waals surface area contributed by atoms with Gasteiger partial charge in [-0.05, 0) is 22.0 Å². The Kier molecular flexibility index (Phi) is 3.74. The number of hydrogen-bond donors (Lipinski definition) is 2. The van der Waals surface area contributed by atoms with Crippen LogP contribution in [0.4, 0.5) is 20.4 Å². The molecule has 2 rings (SSSR count). The number of rotatable bonds is 3. The lowest BCUT2D eigenvalue weighted by Gasteiger charge is -2.07. The van der Waals surface area contributed by atoms with Gasteiger partial charge >= 0.3 is 0 Å². The molecule has 6 nitrogen and oxygen atoms in total. The van der Waals surface area contributed by atoms with Crippen LogP contribution in [0.5, 0.6) is 0 Å². The van der Waals surface area contributed by atoms with Crippen molar-refractivity contribution in [3.8, 4) is 0 Å². The van der Waals surface area contributed by atoms with Gasteiger partial charge in [0, 0.05) is 6.07 Å². The van der Waals surface area contributed by atoms with Gasteiger partial charge in [0.15, 0.2) is 0 Å². The molecule has 0 saturated heterocycles. The number of carbonyl (C=O) groups excluding carboxylic acids is 1. The number of nitrogen functional groups attached to an aromatic ring is 1. The summed E-state index contributed by atoms with van der Waals surface area (Å²) < 4.78 is 27.9. The smallest absolute Gasteiger partial charge is 0.246 e. The Bertz CT molecular complexity index is 630. The zero-order valence-electron chi connectivity index (χ0n) is 9.40. The van der Waals surface area contributed by atoms with Crippen LogP contribution in [0.2, 0.25) is 0 Å². The lowest BCUT2D eigenvalue weighted by atomic mass is 10.3. The number of halogens is 3. The molecule has 1 heterocycles. The average Bonchev–Trinajstić information content (AvgIpc) is 2.71. The average molecular weight is 332 g/mol. The molecule has 19 heavy (non-hydrogen) atoms. The van der Waals surface area contributed by atoms with E-state index in [-0.39, 0.29) is 22.7 Å². The number of hydrogen-bond acceptors (Lipinski definition) is 4. The normalized spacial score (nSPS) is 10.5. The van der Waals surface area contributed by atoms with E-state index in [1.165, 1.54) is 11.0 Å². The molecule has 1 aromatic carbocycles. The first-order valence-corrected chi connectivity index (χ1v) is 5.84. The molecule has 1 amide bonds. The molecule has 100 valence electrons. The van der Waals surface area contributed by atoms with Crippen LogP contribution < -0.4 is 11.1 Å². The maximum absolute atomic E-state index is 13.5. The lowest BCUT2D eigenvalue weighted by molar-refractivity contribution is -0.116. The maximum Gasteiger partial charge on any atom is 0.246 e. The van der Waals surface area contributed by atoms with Gasteiger partial charge in [0.2, 0.25) is 11.9 Å². The van der Waals surface area contributed by atoms with Crippen LogP contribution >= 0.6 is 15.9 Å². The molecule has 0 saturated carbocycles. The Morgan fingerprint density at radius 1 is 1.42 bits per heavy atom. The predicted molar refractivity (Wildman–Crippen MR) is 67.1 cm³/mol. The Hall–Kier alpha value is -2.03. The van der Waals surface area contributed by atoms with Crippen LogP contribution in [-0.4, -0.2) is 20.7 Å². The minimum absolute atomic E-state index is 0.0213. The van der Waals surface area contributed by atoms with Crippen LogP contribution in [0.25, 0.3) is 0 Å². The van der Waals surface area contributed by atoms with Crippen molar-refractivity contribution in [2.24, 2.45) is 0 Å². The van der Waals surface area contributed by atoms with Gasteiger partial charge in [-0.15, -0.1) is 5.10 Å². The third-order valence-corrected chi connectivity index (χ3v) is 2.75. The summed E-state index contributed by atoms with van der Waals surface area (Å²) in [6.45, 7) is -0.207. The summed E-state index contributed by atoms with van der Waals surface area (Å²) in [5.41, 5.74) is 5.03. The Balaban J connectivity index is 2.09. The first-order valence-electron chi connectivity index (χ1n) is 5.05. The Morgan fingerprint density at radius 3 is 2.79 bits per heavy atom. The quantitative estimate of drug-likeness (QED) is 0.835. The van der Waals surface area contributed by atoms with Gasteiger partial charge in [-0.1, -0.05) is 0 Å². The summed E-state index contributed by atoms with van der Waals surface area (Å²) in [5, 5.41) is 5.93. The Morgan fingerprint density at radius 2 is 2.16 bits per heavy atom. The summed E-state index contributed by atoms with van der Waals surface area (Å²) in [7, 11) is 0. The zero-order valence-corrected chi connectivity index (χ0v) is 11.0. The number of anilines is 2. The fraction of sp³-hybridized carbons (Fsp3) is 0.100. The first kappa shape index (κ1) is 13.4. The second kappa shape index (κ2) is 5.31. The molecule has 3 N–H and O–H groups in total. The zero-order chi connectivity index (χ0) is 14.0. The van der Waals surface area contributed by atoms with Gasteiger partial charge in [-0.2, -0.15) is 0 Å². The minimum Gasteiger partial charge on any atom is -0.367 e. The second-order valence-corrected chi connectivity index (χ2v) is 4.45. The predicted octanol–water partition coefficient (Wildman–Crippen LogP) is 1.54. The molecule has 0 bridgehead atoms. The maximum atomic E-state index is 13.5. The van der Waals surface area contributed by atoms with Gasteiger partial charge < -0.3 is 11.1 Å². The summed E-state index contributed by atoms with van der Waals surface area (Å²) in [6.07, 6.45) is 1.26. The fourth-order valence-corrected chi connectivity index (χ4v) is 1.66. The number of nitrogens with two attached hydrogens (primary N) is 1. The third-order valence-electron chi connectivity index (χ3n) is 2.14. The van der Waals surface area contributed by atoms with Crippen molar-refractivity contribution in [3.63, 3.8) is 0 Å². The van der Waals surface area contributed by atoms with Gasteiger partial charge in [0.25, 0.3) is 0 Å². The highest BCUT2D eigenvalue weighted by atomic mass is 79.9. The monoisotopic (exact) mass is 331 g/mol. The van der Waals surface area contributed by atoms with Crippen molar-refractivity contribution < 1.29 is 13.6 Å². The molecule has 0 aliphatic rings. The molecule has 0 fully saturated rings. The van der Waals surface area contributed by atoms with E-state index in [0.29, 0.717) is 0 Å². The third kappa shape index (κ3) is 3.25. The van der Waals surface area contributed by atoms with Gasteiger partial charge in [-0.25, -0.2) is 18.4 Å². The molecule has 0 aliphatic carbocycles. The lowest BCUT2D eigenvalue weighted by Crippen LogP contribution is -2.20. The number of carbonyl (C=O) groups is 1. The van der Waals surface area contributed by atoms with Crippen molar-refractivity contribution in [1.29, 1.82) is 0 Å². The highest BCUT2D eigenvalue weighted by Gasteiger charge is 2.12. The molecular formula is C10H8BrF2N5O. The van der Waals surface area contributed by atoms with E-state index in [9.17, 15) is 13.6 Å². The van der Waals surface area contributed by atoms with Crippen molar-refractivity contribution >= 4 is 33.5 Å². The van der Waals surface area contributed by atoms with E-state index in [0.717, 1.165) is 12.1 Å². The number of aromatic nitrogens is 3. The molecule has 1 aromatic heterocycles. The molecule has 9 heteroatoms. The standard InChI is InChI=1S/C10H8BrF2N5O/c11-5-1-7(13)8(2-6(5)12)16-9(19)3-18-4-15-10(14)17-18/h1-2,4H,3H2,(H2,14,17)(H,16,19). The number of amides is 1. The van der Waals surface area contributed by atoms with Crippen LogP contribution in [0.1, 0.15) is 0 Å². The van der Waals surface area contributed by atoms with Crippen LogP contribution in [0.3, 0.4) is 0 Å². The van der Waals surface area contributed by atoms with Crippen molar-refractivity contribution in [1.82, 2.24) is 14.8 Å². The van der Waals surface area contributed by atoms with E-state index in [1.54, 1.807) is 0 Å². The van der Waals surface area contributed by atoms with E-state index in [1.807, 2.05) is 0 Å². The van der Waals surface area contributed by atoms with E-state index in [4.69, 9.17) is 5.73 Å². The fourth-order valence-electron chi connectivity index (χ4n) is 1.34. The first-order chi connectivity index (χ1) is 8.95. The van der Waals surface area contributed by atoms with E-state index < -0.39 is 17.5 Å². The molecule has 0 unspecified atom stereocenters. The molecular weight excluding hydrogens is 324 g/mol. The van der Waals surface area contributed by atoms with Gasteiger partial charge in [0.05, 0.1) is 10.2 Å². The second-order valence-electron chi connectivity index (χ2n) is 3.59. The van der Waals surface area contributed by atoms with Crippen LogP contribution in [0, 0.1) is 11.6 Å². The summed E-state index contributed by atoms with van der Waals surface area (Å²) in [4.78, 5) is 15.2. The van der Waals surface area contributed by atoms with Crippen molar-refractivity contribution in [2.45, 2.75) is 6.54 Å².